The van der Waals surface area contributed by atoms with Crippen LogP contribution in [-0.4, -0.2) is 49.9 Å². The number of pyridine rings is 1. The fourth-order valence-electron chi connectivity index (χ4n) is 2.35. The van der Waals surface area contributed by atoms with Gasteiger partial charge in [-0.25, -0.2) is 4.79 Å². The summed E-state index contributed by atoms with van der Waals surface area (Å²) in [6.07, 6.45) is 4.11. The largest absolute Gasteiger partial charge is 0.462 e. The highest BCUT2D eigenvalue weighted by Crippen LogP contribution is 2.21. The molecule has 1 aromatic heterocycles. The van der Waals surface area contributed by atoms with Gasteiger partial charge in [0.1, 0.15) is 0 Å². The number of rotatable bonds is 4. The molecule has 0 amide bonds. The molecule has 0 radical (unpaired) electrons. The van der Waals surface area contributed by atoms with Crippen molar-refractivity contribution in [3.63, 3.8) is 0 Å². The zero-order chi connectivity index (χ0) is 14.5. The van der Waals surface area contributed by atoms with Gasteiger partial charge in [-0.1, -0.05) is 0 Å². The highest BCUT2D eigenvalue weighted by atomic mass is 16.5. The van der Waals surface area contributed by atoms with Crippen LogP contribution in [0.5, 0.6) is 0 Å². The van der Waals surface area contributed by atoms with Crippen LogP contribution in [-0.2, 0) is 9.47 Å². The van der Waals surface area contributed by atoms with Crippen LogP contribution in [0.15, 0.2) is 18.5 Å². The molecule has 0 bridgehead atoms. The molecule has 2 atom stereocenters. The number of piperidine rings is 1. The Morgan fingerprint density at radius 1 is 1.55 bits per heavy atom. The molecule has 1 aliphatic rings. The van der Waals surface area contributed by atoms with E-state index in [2.05, 4.69) is 9.88 Å². The minimum absolute atomic E-state index is 0.00463. The Labute approximate surface area is 118 Å². The maximum absolute atomic E-state index is 11.7. The Morgan fingerprint density at radius 3 is 3.05 bits per heavy atom. The van der Waals surface area contributed by atoms with E-state index in [4.69, 9.17) is 15.2 Å². The maximum atomic E-state index is 11.7. The van der Waals surface area contributed by atoms with E-state index in [1.165, 1.54) is 6.20 Å². The van der Waals surface area contributed by atoms with Crippen molar-refractivity contribution in [2.45, 2.75) is 25.5 Å². The minimum atomic E-state index is -0.348. The smallest absolute Gasteiger partial charge is 0.339 e. The molecular formula is C14H21N3O3. The second-order valence-corrected chi connectivity index (χ2v) is 4.82. The number of methoxy groups -OCH3 is 1. The number of nitrogens with zero attached hydrogens (tertiary/aromatic N) is 2. The molecule has 2 rings (SSSR count). The second kappa shape index (κ2) is 6.67. The molecule has 1 aromatic rings. The molecule has 20 heavy (non-hydrogen) atoms. The summed E-state index contributed by atoms with van der Waals surface area (Å²) in [6, 6.07) is 1.85. The molecule has 0 aliphatic carbocycles. The first-order chi connectivity index (χ1) is 9.65. The lowest BCUT2D eigenvalue weighted by molar-refractivity contribution is 0.0526. The number of hydrogen-bond acceptors (Lipinski definition) is 6. The quantitative estimate of drug-likeness (QED) is 0.822. The summed E-state index contributed by atoms with van der Waals surface area (Å²) in [5, 5.41) is 0. The number of esters is 1. The monoisotopic (exact) mass is 279 g/mol. The van der Waals surface area contributed by atoms with Gasteiger partial charge in [0.25, 0.3) is 0 Å². The van der Waals surface area contributed by atoms with E-state index in [-0.39, 0.29) is 18.1 Å². The van der Waals surface area contributed by atoms with Crippen LogP contribution in [0, 0.1) is 0 Å². The van der Waals surface area contributed by atoms with Crippen LogP contribution in [0.1, 0.15) is 23.7 Å². The van der Waals surface area contributed by atoms with Crippen molar-refractivity contribution in [1.82, 2.24) is 4.98 Å². The van der Waals surface area contributed by atoms with Crippen LogP contribution in [0.4, 0.5) is 5.69 Å². The van der Waals surface area contributed by atoms with E-state index in [1.54, 1.807) is 26.3 Å². The van der Waals surface area contributed by atoms with E-state index >= 15 is 0 Å². The normalized spacial score (nSPS) is 22.6. The van der Waals surface area contributed by atoms with Crippen molar-refractivity contribution < 1.29 is 14.3 Å². The van der Waals surface area contributed by atoms with Gasteiger partial charge >= 0.3 is 5.97 Å². The van der Waals surface area contributed by atoms with E-state index < -0.39 is 0 Å². The summed E-state index contributed by atoms with van der Waals surface area (Å²) in [6.45, 7) is 3.67. The lowest BCUT2D eigenvalue weighted by Crippen LogP contribution is -2.51. The van der Waals surface area contributed by atoms with Gasteiger partial charge in [0.05, 0.1) is 30.2 Å². The summed E-state index contributed by atoms with van der Waals surface area (Å²) in [4.78, 5) is 18.0. The molecule has 1 aliphatic heterocycles. The Bertz CT molecular complexity index is 467. The standard InChI is InChI=1S/C14H21N3O3/c1-3-20-14(18)10-6-11(8-16-7-10)17-5-4-12(15)13(9-17)19-2/h6-8,12-13H,3-5,9,15H2,1-2H3. The lowest BCUT2D eigenvalue weighted by Gasteiger charge is -2.37. The predicted octanol–water partition coefficient (Wildman–Crippen LogP) is 0.811. The summed E-state index contributed by atoms with van der Waals surface area (Å²) < 4.78 is 10.4. The molecule has 0 saturated carbocycles. The van der Waals surface area contributed by atoms with Crippen molar-refractivity contribution in [3.05, 3.63) is 24.0 Å². The van der Waals surface area contributed by atoms with Crippen molar-refractivity contribution in [3.8, 4) is 0 Å². The predicted molar refractivity (Wildman–Crippen MR) is 75.8 cm³/mol. The molecule has 1 saturated heterocycles. The molecule has 2 N–H and O–H groups in total. The summed E-state index contributed by atoms with van der Waals surface area (Å²) in [5.74, 6) is -0.348. The van der Waals surface area contributed by atoms with E-state index in [0.717, 1.165) is 18.7 Å². The molecular weight excluding hydrogens is 258 g/mol. The summed E-state index contributed by atoms with van der Waals surface area (Å²) >= 11 is 0. The van der Waals surface area contributed by atoms with E-state index in [0.29, 0.717) is 18.7 Å². The lowest BCUT2D eigenvalue weighted by atomic mass is 10.0. The molecule has 2 heterocycles. The Kier molecular flexibility index (Phi) is 4.92. The molecule has 0 spiro atoms. The second-order valence-electron chi connectivity index (χ2n) is 4.82. The Hall–Kier alpha value is -1.66. The fraction of sp³-hybridized carbons (Fsp3) is 0.571. The Balaban J connectivity index is 2.12. The molecule has 1 fully saturated rings. The number of carbonyl (C=O) groups is 1. The number of aromatic nitrogens is 1. The number of anilines is 1. The first-order valence-electron chi connectivity index (χ1n) is 6.81. The van der Waals surface area contributed by atoms with Crippen molar-refractivity contribution >= 4 is 11.7 Å². The number of ether oxygens (including phenoxy) is 2. The minimum Gasteiger partial charge on any atom is -0.462 e. The van der Waals surface area contributed by atoms with E-state index in [9.17, 15) is 4.79 Å². The van der Waals surface area contributed by atoms with Gasteiger partial charge in [0.2, 0.25) is 0 Å². The van der Waals surface area contributed by atoms with Gasteiger partial charge < -0.3 is 20.1 Å². The van der Waals surface area contributed by atoms with Gasteiger partial charge in [-0.3, -0.25) is 4.98 Å². The topological polar surface area (TPSA) is 77.7 Å². The van der Waals surface area contributed by atoms with Gasteiger partial charge in [-0.05, 0) is 19.4 Å². The first-order valence-corrected chi connectivity index (χ1v) is 6.81. The summed E-state index contributed by atoms with van der Waals surface area (Å²) in [7, 11) is 1.67. The SMILES string of the molecule is CCOC(=O)c1cncc(N2CCC(N)C(OC)C2)c1. The molecule has 0 aromatic carbocycles. The van der Waals surface area contributed by atoms with Crippen LogP contribution in [0.3, 0.4) is 0 Å². The average Bonchev–Trinajstić information content (AvgIpc) is 2.48. The van der Waals surface area contributed by atoms with E-state index in [1.807, 2.05) is 0 Å². The summed E-state index contributed by atoms with van der Waals surface area (Å²) in [5.41, 5.74) is 7.37. The van der Waals surface area contributed by atoms with Crippen LogP contribution < -0.4 is 10.6 Å². The van der Waals surface area contributed by atoms with Crippen molar-refractivity contribution in [2.75, 3.05) is 31.7 Å². The third kappa shape index (κ3) is 3.26. The molecule has 6 heteroatoms. The average molecular weight is 279 g/mol. The fourth-order valence-corrected chi connectivity index (χ4v) is 2.35. The molecule has 110 valence electrons. The Morgan fingerprint density at radius 2 is 2.35 bits per heavy atom. The highest BCUT2D eigenvalue weighted by Gasteiger charge is 2.27. The number of nitrogens with two attached hydrogens (primary N) is 1. The van der Waals surface area contributed by atoms with Crippen molar-refractivity contribution in [2.24, 2.45) is 5.73 Å². The van der Waals surface area contributed by atoms with Crippen LogP contribution >= 0.6 is 0 Å². The third-order valence-corrected chi connectivity index (χ3v) is 3.51. The van der Waals surface area contributed by atoms with Gasteiger partial charge in [0, 0.05) is 32.4 Å². The van der Waals surface area contributed by atoms with Gasteiger partial charge in [0.15, 0.2) is 0 Å². The highest BCUT2D eigenvalue weighted by molar-refractivity contribution is 5.90. The molecule has 6 nitrogen and oxygen atoms in total. The third-order valence-electron chi connectivity index (χ3n) is 3.51. The zero-order valence-corrected chi connectivity index (χ0v) is 11.9. The molecule has 2 unspecified atom stereocenters. The number of hydrogen-bond donors (Lipinski definition) is 1. The van der Waals surface area contributed by atoms with Crippen LogP contribution in [0.2, 0.25) is 0 Å². The zero-order valence-electron chi connectivity index (χ0n) is 11.9. The first kappa shape index (κ1) is 14.7. The maximum Gasteiger partial charge on any atom is 0.339 e. The van der Waals surface area contributed by atoms with Gasteiger partial charge in [-0.2, -0.15) is 0 Å². The van der Waals surface area contributed by atoms with Crippen molar-refractivity contribution in [1.29, 1.82) is 0 Å². The van der Waals surface area contributed by atoms with Crippen LogP contribution in [0.25, 0.3) is 0 Å². The van der Waals surface area contributed by atoms with Gasteiger partial charge in [-0.15, -0.1) is 0 Å². The number of carbonyl (C=O) groups excluding carboxylic acids is 1.